The summed E-state index contributed by atoms with van der Waals surface area (Å²) >= 11 is 0. The normalized spacial score (nSPS) is 18.7. The minimum Gasteiger partial charge on any atom is -0.493 e. The number of benzene rings is 2. The van der Waals surface area contributed by atoms with Gasteiger partial charge < -0.3 is 19.9 Å². The molecule has 2 aromatic carbocycles. The van der Waals surface area contributed by atoms with Gasteiger partial charge >= 0.3 is 0 Å². The lowest BCUT2D eigenvalue weighted by Gasteiger charge is -2.33. The number of aliphatic hydroxyl groups is 1. The van der Waals surface area contributed by atoms with Gasteiger partial charge in [0.2, 0.25) is 5.91 Å². The van der Waals surface area contributed by atoms with E-state index in [9.17, 15) is 9.90 Å². The molecule has 2 aromatic rings. The first kappa shape index (κ1) is 18.3. The zero-order valence-electron chi connectivity index (χ0n) is 15.2. The maximum absolute atomic E-state index is 12.3. The Morgan fingerprint density at radius 2 is 1.85 bits per heavy atom. The summed E-state index contributed by atoms with van der Waals surface area (Å²) in [4.78, 5) is 12.3. The lowest BCUT2D eigenvalue weighted by atomic mass is 9.80. The Morgan fingerprint density at radius 3 is 2.58 bits per heavy atom. The Hall–Kier alpha value is -2.53. The lowest BCUT2D eigenvalue weighted by molar-refractivity contribution is -0.121. The molecule has 0 radical (unpaired) electrons. The van der Waals surface area contributed by atoms with Gasteiger partial charge in [-0.3, -0.25) is 4.79 Å². The molecule has 0 saturated carbocycles. The average molecular weight is 355 g/mol. The summed E-state index contributed by atoms with van der Waals surface area (Å²) in [7, 11) is 3.14. The summed E-state index contributed by atoms with van der Waals surface area (Å²) in [6.45, 7) is 0.257. The zero-order chi connectivity index (χ0) is 18.6. The van der Waals surface area contributed by atoms with Crippen LogP contribution in [0.4, 0.5) is 0 Å². The van der Waals surface area contributed by atoms with Crippen LogP contribution >= 0.6 is 0 Å². The van der Waals surface area contributed by atoms with Crippen molar-refractivity contribution in [1.82, 2.24) is 5.32 Å². The van der Waals surface area contributed by atoms with Crippen molar-refractivity contribution < 1.29 is 19.4 Å². The number of rotatable bonds is 6. The van der Waals surface area contributed by atoms with E-state index in [2.05, 4.69) is 11.4 Å². The van der Waals surface area contributed by atoms with E-state index in [1.807, 2.05) is 24.3 Å². The molecule has 1 amide bonds. The van der Waals surface area contributed by atoms with Gasteiger partial charge in [-0.2, -0.15) is 0 Å². The van der Waals surface area contributed by atoms with Crippen molar-refractivity contribution in [3.05, 3.63) is 59.2 Å². The molecule has 5 nitrogen and oxygen atoms in total. The summed E-state index contributed by atoms with van der Waals surface area (Å²) in [5, 5.41) is 13.7. The van der Waals surface area contributed by atoms with Crippen molar-refractivity contribution in [2.24, 2.45) is 0 Å². The van der Waals surface area contributed by atoms with Gasteiger partial charge in [0, 0.05) is 13.0 Å². The van der Waals surface area contributed by atoms with E-state index >= 15 is 0 Å². The van der Waals surface area contributed by atoms with E-state index in [1.54, 1.807) is 26.4 Å². The molecule has 2 N–H and O–H groups in total. The number of carbonyl (C=O) groups excluding carboxylic acids is 1. The number of fused-ring (bicyclic) bond motifs is 1. The van der Waals surface area contributed by atoms with E-state index in [1.165, 1.54) is 5.56 Å². The number of nitrogens with one attached hydrogen (secondary N) is 1. The average Bonchev–Trinajstić information content (AvgIpc) is 2.66. The van der Waals surface area contributed by atoms with Crippen molar-refractivity contribution in [2.45, 2.75) is 31.3 Å². The molecule has 0 saturated heterocycles. The highest BCUT2D eigenvalue weighted by molar-refractivity contribution is 5.78. The third-order valence-corrected chi connectivity index (χ3v) is 4.92. The highest BCUT2D eigenvalue weighted by Gasteiger charge is 2.32. The fourth-order valence-corrected chi connectivity index (χ4v) is 3.44. The summed E-state index contributed by atoms with van der Waals surface area (Å²) in [5.74, 6) is 1.11. The molecule has 26 heavy (non-hydrogen) atoms. The standard InChI is InChI=1S/C21H25NO4/c1-25-18-8-7-15(11-19(18)26-2)12-20(23)22-14-21(24)10-9-16-5-3-4-6-17(16)13-21/h3-8,11,24H,9-10,12-14H2,1-2H3,(H,22,23)/t21-/m0/s1. The van der Waals surface area contributed by atoms with Crippen molar-refractivity contribution in [1.29, 1.82) is 0 Å². The third kappa shape index (κ3) is 4.17. The minimum absolute atomic E-state index is 0.121. The molecule has 5 heteroatoms. The fraction of sp³-hybridized carbons (Fsp3) is 0.381. The summed E-state index contributed by atoms with van der Waals surface area (Å²) < 4.78 is 10.5. The van der Waals surface area contributed by atoms with Gasteiger partial charge in [0.05, 0.1) is 26.2 Å². The fourth-order valence-electron chi connectivity index (χ4n) is 3.44. The monoisotopic (exact) mass is 355 g/mol. The van der Waals surface area contributed by atoms with E-state index in [0.29, 0.717) is 24.3 Å². The van der Waals surface area contributed by atoms with Gasteiger partial charge in [-0.15, -0.1) is 0 Å². The molecule has 138 valence electrons. The molecule has 3 rings (SSSR count). The molecule has 0 aliphatic heterocycles. The maximum Gasteiger partial charge on any atom is 0.224 e. The Kier molecular flexibility index (Phi) is 5.47. The third-order valence-electron chi connectivity index (χ3n) is 4.92. The molecule has 0 spiro atoms. The van der Waals surface area contributed by atoms with Gasteiger partial charge in [-0.1, -0.05) is 30.3 Å². The van der Waals surface area contributed by atoms with E-state index in [-0.39, 0.29) is 18.9 Å². The molecule has 0 bridgehead atoms. The van der Waals surface area contributed by atoms with E-state index < -0.39 is 5.60 Å². The number of carbonyl (C=O) groups is 1. The lowest BCUT2D eigenvalue weighted by Crippen LogP contribution is -2.47. The van der Waals surface area contributed by atoms with Crippen molar-refractivity contribution in [3.63, 3.8) is 0 Å². The van der Waals surface area contributed by atoms with Crippen LogP contribution in [-0.2, 0) is 24.1 Å². The first-order chi connectivity index (χ1) is 12.5. The van der Waals surface area contributed by atoms with Crippen molar-refractivity contribution in [2.75, 3.05) is 20.8 Å². The van der Waals surface area contributed by atoms with Crippen LogP contribution in [0.5, 0.6) is 11.5 Å². The number of ether oxygens (including phenoxy) is 2. The first-order valence-electron chi connectivity index (χ1n) is 8.80. The number of aryl methyl sites for hydroxylation is 1. The number of methoxy groups -OCH3 is 2. The predicted octanol–water partition coefficient (Wildman–Crippen LogP) is 2.28. The highest BCUT2D eigenvalue weighted by atomic mass is 16.5. The second-order valence-electron chi connectivity index (χ2n) is 6.81. The van der Waals surface area contributed by atoms with Crippen LogP contribution in [0.3, 0.4) is 0 Å². The van der Waals surface area contributed by atoms with Crippen LogP contribution in [0.15, 0.2) is 42.5 Å². The number of hydrogen-bond donors (Lipinski definition) is 2. The Morgan fingerprint density at radius 1 is 1.12 bits per heavy atom. The number of hydrogen-bond acceptors (Lipinski definition) is 4. The topological polar surface area (TPSA) is 67.8 Å². The molecule has 1 aliphatic carbocycles. The second kappa shape index (κ2) is 7.79. The van der Waals surface area contributed by atoms with Gasteiger partial charge in [0.15, 0.2) is 11.5 Å². The molecule has 0 unspecified atom stereocenters. The largest absolute Gasteiger partial charge is 0.493 e. The van der Waals surface area contributed by atoms with Crippen LogP contribution in [-0.4, -0.2) is 37.4 Å². The van der Waals surface area contributed by atoms with Gasteiger partial charge in [-0.05, 0) is 41.7 Å². The Balaban J connectivity index is 1.58. The SMILES string of the molecule is COc1ccc(CC(=O)NC[C@]2(O)CCc3ccccc3C2)cc1OC. The van der Waals surface area contributed by atoms with Gasteiger partial charge in [-0.25, -0.2) is 0 Å². The first-order valence-corrected chi connectivity index (χ1v) is 8.80. The van der Waals surface area contributed by atoms with Crippen molar-refractivity contribution >= 4 is 5.91 Å². The smallest absolute Gasteiger partial charge is 0.224 e. The van der Waals surface area contributed by atoms with Crippen LogP contribution in [0, 0.1) is 0 Å². The van der Waals surface area contributed by atoms with E-state index in [0.717, 1.165) is 17.5 Å². The van der Waals surface area contributed by atoms with Crippen LogP contribution in [0.25, 0.3) is 0 Å². The van der Waals surface area contributed by atoms with Crippen molar-refractivity contribution in [3.8, 4) is 11.5 Å². The van der Waals surface area contributed by atoms with Gasteiger partial charge in [0.1, 0.15) is 0 Å². The molecule has 0 fully saturated rings. The molecular weight excluding hydrogens is 330 g/mol. The van der Waals surface area contributed by atoms with E-state index in [4.69, 9.17) is 9.47 Å². The van der Waals surface area contributed by atoms with Crippen LogP contribution in [0.1, 0.15) is 23.1 Å². The minimum atomic E-state index is -0.887. The highest BCUT2D eigenvalue weighted by Crippen LogP contribution is 2.29. The molecule has 1 aliphatic rings. The predicted molar refractivity (Wildman–Crippen MR) is 99.7 cm³/mol. The summed E-state index contributed by atoms with van der Waals surface area (Å²) in [6, 6.07) is 13.6. The zero-order valence-corrected chi connectivity index (χ0v) is 15.2. The molecular formula is C21H25NO4. The molecule has 0 heterocycles. The summed E-state index contributed by atoms with van der Waals surface area (Å²) in [6.07, 6.45) is 2.28. The van der Waals surface area contributed by atoms with Crippen LogP contribution in [0.2, 0.25) is 0 Å². The maximum atomic E-state index is 12.3. The van der Waals surface area contributed by atoms with Gasteiger partial charge in [0.25, 0.3) is 0 Å². The molecule has 1 atom stereocenters. The Bertz CT molecular complexity index is 789. The second-order valence-corrected chi connectivity index (χ2v) is 6.81. The quantitative estimate of drug-likeness (QED) is 0.834. The summed E-state index contributed by atoms with van der Waals surface area (Å²) in [5.41, 5.74) is 2.40. The number of amides is 1. The molecule has 0 aromatic heterocycles. The van der Waals surface area contributed by atoms with Crippen LogP contribution < -0.4 is 14.8 Å². The Labute approximate surface area is 153 Å².